The second-order valence-corrected chi connectivity index (χ2v) is 4.21. The minimum Gasteiger partial charge on any atom is -0.480 e. The molecule has 5 heteroatoms. The van der Waals surface area contributed by atoms with Crippen molar-refractivity contribution >= 4 is 18.2 Å². The van der Waals surface area contributed by atoms with Gasteiger partial charge in [-0.05, 0) is 12.5 Å². The molecule has 19 heavy (non-hydrogen) atoms. The molecule has 0 radical (unpaired) electrons. The number of aliphatic carboxylic acids is 1. The number of carboxylic acids is 1. The summed E-state index contributed by atoms with van der Waals surface area (Å²) in [7, 11) is 0. The van der Waals surface area contributed by atoms with Crippen LogP contribution in [0.3, 0.4) is 0 Å². The fourth-order valence-electron chi connectivity index (χ4n) is 1.71. The summed E-state index contributed by atoms with van der Waals surface area (Å²) in [6.45, 7) is 1.95. The Hall–Kier alpha value is -2.17. The number of carbonyl (C=O) groups excluding carboxylic acids is 2. The van der Waals surface area contributed by atoms with Crippen LogP contribution in [0.2, 0.25) is 0 Å². The van der Waals surface area contributed by atoms with Gasteiger partial charge in [-0.3, -0.25) is 9.59 Å². The quantitative estimate of drug-likeness (QED) is 0.736. The number of hydrogen-bond donors (Lipinski definition) is 2. The minimum atomic E-state index is -1.06. The van der Waals surface area contributed by atoms with E-state index in [1.165, 1.54) is 12.1 Å². The lowest BCUT2D eigenvalue weighted by Gasteiger charge is -2.14. The van der Waals surface area contributed by atoms with Crippen LogP contribution >= 0.6 is 0 Å². The zero-order valence-corrected chi connectivity index (χ0v) is 10.8. The number of carbonyl (C=O) groups is 3. The average molecular weight is 263 g/mol. The Labute approximate surface area is 111 Å². The highest BCUT2D eigenvalue weighted by Gasteiger charge is 2.21. The molecular formula is C14H17NO4. The molecule has 0 bridgehead atoms. The Morgan fingerprint density at radius 3 is 2.63 bits per heavy atom. The summed E-state index contributed by atoms with van der Waals surface area (Å²) in [5.41, 5.74) is 0.444. The summed E-state index contributed by atoms with van der Waals surface area (Å²) in [6.07, 6.45) is 2.52. The lowest BCUT2D eigenvalue weighted by molar-refractivity contribution is -0.139. The summed E-state index contributed by atoms with van der Waals surface area (Å²) in [5.74, 6) is -1.60. The Morgan fingerprint density at radius 2 is 2.05 bits per heavy atom. The highest BCUT2D eigenvalue weighted by atomic mass is 16.4. The van der Waals surface area contributed by atoms with Gasteiger partial charge in [0.1, 0.15) is 6.04 Å². The molecule has 0 aliphatic rings. The molecule has 1 atom stereocenters. The van der Waals surface area contributed by atoms with Crippen LogP contribution in [0.4, 0.5) is 0 Å². The van der Waals surface area contributed by atoms with Crippen LogP contribution in [0.5, 0.6) is 0 Å². The van der Waals surface area contributed by atoms with Crippen LogP contribution in [-0.2, 0) is 4.79 Å². The highest BCUT2D eigenvalue weighted by molar-refractivity contribution is 6.02. The summed E-state index contributed by atoms with van der Waals surface area (Å²) in [6, 6.07) is 5.37. The van der Waals surface area contributed by atoms with Gasteiger partial charge in [-0.2, -0.15) is 0 Å². The molecule has 1 unspecified atom stereocenters. The van der Waals surface area contributed by atoms with Crippen LogP contribution in [0, 0.1) is 0 Å². The Morgan fingerprint density at radius 1 is 1.37 bits per heavy atom. The number of unbranched alkanes of at least 4 members (excludes halogenated alkanes) is 1. The van der Waals surface area contributed by atoms with Crippen LogP contribution in [-0.4, -0.2) is 29.3 Å². The van der Waals surface area contributed by atoms with Gasteiger partial charge >= 0.3 is 5.97 Å². The molecular weight excluding hydrogens is 246 g/mol. The van der Waals surface area contributed by atoms with Gasteiger partial charge in [0.25, 0.3) is 5.91 Å². The first kappa shape index (κ1) is 14.9. The van der Waals surface area contributed by atoms with Gasteiger partial charge in [-0.25, -0.2) is 4.79 Å². The third-order valence-corrected chi connectivity index (χ3v) is 2.78. The minimum absolute atomic E-state index is 0.195. The van der Waals surface area contributed by atoms with E-state index in [1.54, 1.807) is 12.1 Å². The van der Waals surface area contributed by atoms with E-state index < -0.39 is 17.9 Å². The maximum atomic E-state index is 12.0. The maximum absolute atomic E-state index is 12.0. The first-order valence-electron chi connectivity index (χ1n) is 6.18. The van der Waals surface area contributed by atoms with Crippen LogP contribution in [0.1, 0.15) is 46.9 Å². The Kier molecular flexibility index (Phi) is 5.73. The first-order valence-corrected chi connectivity index (χ1v) is 6.18. The molecule has 5 nitrogen and oxygen atoms in total. The van der Waals surface area contributed by atoms with Gasteiger partial charge in [0.05, 0.1) is 0 Å². The molecule has 1 amide bonds. The standard InChI is InChI=1S/C14H17NO4/c1-2-3-8-12(14(18)19)15-13(17)11-7-5-4-6-10(11)9-16/h4-7,9,12H,2-3,8H2,1H3,(H,15,17)(H,18,19). The number of amides is 1. The van der Waals surface area contributed by atoms with Gasteiger partial charge in [0.2, 0.25) is 0 Å². The molecule has 0 fully saturated rings. The van der Waals surface area contributed by atoms with E-state index in [1.807, 2.05) is 6.92 Å². The van der Waals surface area contributed by atoms with E-state index in [2.05, 4.69) is 5.32 Å². The molecule has 0 aliphatic heterocycles. The fourth-order valence-corrected chi connectivity index (χ4v) is 1.71. The fraction of sp³-hybridized carbons (Fsp3) is 0.357. The van der Waals surface area contributed by atoms with E-state index >= 15 is 0 Å². The van der Waals surface area contributed by atoms with Crippen molar-refractivity contribution in [3.63, 3.8) is 0 Å². The molecule has 1 rings (SSSR count). The van der Waals surface area contributed by atoms with Crippen LogP contribution in [0.15, 0.2) is 24.3 Å². The van der Waals surface area contributed by atoms with E-state index in [-0.39, 0.29) is 11.1 Å². The maximum Gasteiger partial charge on any atom is 0.326 e. The highest BCUT2D eigenvalue weighted by Crippen LogP contribution is 2.08. The zero-order chi connectivity index (χ0) is 14.3. The van der Waals surface area contributed by atoms with Gasteiger partial charge in [-0.1, -0.05) is 38.0 Å². The summed E-state index contributed by atoms with van der Waals surface area (Å²) < 4.78 is 0. The summed E-state index contributed by atoms with van der Waals surface area (Å²) in [5, 5.41) is 11.5. The Bertz CT molecular complexity index is 470. The molecule has 0 heterocycles. The SMILES string of the molecule is CCCCC(NC(=O)c1ccccc1C=O)C(=O)O. The lowest BCUT2D eigenvalue weighted by Crippen LogP contribution is -2.41. The number of benzene rings is 1. The predicted molar refractivity (Wildman–Crippen MR) is 70.2 cm³/mol. The second-order valence-electron chi connectivity index (χ2n) is 4.21. The summed E-state index contributed by atoms with van der Waals surface area (Å²) >= 11 is 0. The van der Waals surface area contributed by atoms with Gasteiger partial charge in [-0.15, -0.1) is 0 Å². The molecule has 0 aliphatic carbocycles. The number of carboxylic acid groups (broad SMARTS) is 1. The third-order valence-electron chi connectivity index (χ3n) is 2.78. The normalized spacial score (nSPS) is 11.6. The van der Waals surface area contributed by atoms with Crippen molar-refractivity contribution in [2.75, 3.05) is 0 Å². The topological polar surface area (TPSA) is 83.5 Å². The van der Waals surface area contributed by atoms with Gasteiger partial charge < -0.3 is 10.4 Å². The van der Waals surface area contributed by atoms with Gasteiger partial charge in [0, 0.05) is 11.1 Å². The van der Waals surface area contributed by atoms with Crippen LogP contribution in [0.25, 0.3) is 0 Å². The van der Waals surface area contributed by atoms with E-state index in [9.17, 15) is 14.4 Å². The number of aldehydes is 1. The number of nitrogens with one attached hydrogen (secondary N) is 1. The average Bonchev–Trinajstić information content (AvgIpc) is 2.42. The number of rotatable bonds is 7. The van der Waals surface area contributed by atoms with E-state index in [4.69, 9.17) is 5.11 Å². The smallest absolute Gasteiger partial charge is 0.326 e. The first-order chi connectivity index (χ1) is 9.10. The van der Waals surface area contributed by atoms with Crippen molar-refractivity contribution in [2.24, 2.45) is 0 Å². The molecule has 2 N–H and O–H groups in total. The van der Waals surface area contributed by atoms with Crippen molar-refractivity contribution in [3.8, 4) is 0 Å². The third kappa shape index (κ3) is 4.21. The molecule has 0 saturated carbocycles. The Balaban J connectivity index is 2.81. The monoisotopic (exact) mass is 263 g/mol. The molecule has 0 aromatic heterocycles. The largest absolute Gasteiger partial charge is 0.480 e. The second kappa shape index (κ2) is 7.31. The van der Waals surface area contributed by atoms with E-state index in [0.29, 0.717) is 19.1 Å². The van der Waals surface area contributed by atoms with Crippen molar-refractivity contribution in [1.29, 1.82) is 0 Å². The van der Waals surface area contributed by atoms with Gasteiger partial charge in [0.15, 0.2) is 6.29 Å². The summed E-state index contributed by atoms with van der Waals surface area (Å²) in [4.78, 5) is 33.8. The zero-order valence-electron chi connectivity index (χ0n) is 10.8. The van der Waals surface area contributed by atoms with Crippen molar-refractivity contribution in [2.45, 2.75) is 32.2 Å². The van der Waals surface area contributed by atoms with E-state index in [0.717, 1.165) is 6.42 Å². The van der Waals surface area contributed by atoms with Crippen molar-refractivity contribution < 1.29 is 19.5 Å². The number of hydrogen-bond acceptors (Lipinski definition) is 3. The lowest BCUT2D eigenvalue weighted by atomic mass is 10.1. The van der Waals surface area contributed by atoms with Crippen molar-refractivity contribution in [3.05, 3.63) is 35.4 Å². The predicted octanol–water partition coefficient (Wildman–Crippen LogP) is 1.87. The molecule has 0 saturated heterocycles. The van der Waals surface area contributed by atoms with Crippen LogP contribution < -0.4 is 5.32 Å². The molecule has 1 aromatic rings. The van der Waals surface area contributed by atoms with Crippen molar-refractivity contribution in [1.82, 2.24) is 5.32 Å². The molecule has 1 aromatic carbocycles. The molecule has 0 spiro atoms. The molecule has 102 valence electrons.